The molecule has 8 nitrogen and oxygen atoms in total. The zero-order valence-electron chi connectivity index (χ0n) is 18.0. The fourth-order valence-electron chi connectivity index (χ4n) is 4.05. The predicted octanol–water partition coefficient (Wildman–Crippen LogP) is 2.54. The van der Waals surface area contributed by atoms with E-state index in [1.54, 1.807) is 4.68 Å². The second kappa shape index (κ2) is 8.01. The Morgan fingerprint density at radius 3 is 2.67 bits per heavy atom. The van der Waals surface area contributed by atoms with Crippen molar-refractivity contribution in [3.05, 3.63) is 51.1 Å². The average Bonchev–Trinajstić information content (AvgIpc) is 3.13. The minimum absolute atomic E-state index is 0.00124. The molecule has 0 atom stereocenters. The van der Waals surface area contributed by atoms with Gasteiger partial charge in [0, 0.05) is 24.9 Å². The lowest BCUT2D eigenvalue weighted by Gasteiger charge is -2.32. The number of piperidine rings is 1. The fraction of sp³-hybridized carbons (Fsp3) is 0.500. The standard InChI is InChI=1S/C22H28N6O2/c1-13(2)22(30)27-9-7-16(8-10-27)19-23-20-18(21(29)24-19)25-26-28(20)12-17-11-14(3)5-6-15(17)4/h5-6,11,13,16H,7-10,12H2,1-4H3,(H,23,24,29). The Morgan fingerprint density at radius 2 is 1.97 bits per heavy atom. The first kappa shape index (κ1) is 20.3. The van der Waals surface area contributed by atoms with Gasteiger partial charge in [-0.25, -0.2) is 9.67 Å². The Balaban J connectivity index is 1.61. The van der Waals surface area contributed by atoms with E-state index in [4.69, 9.17) is 4.98 Å². The number of aryl methyl sites for hydroxylation is 2. The van der Waals surface area contributed by atoms with Gasteiger partial charge in [-0.2, -0.15) is 0 Å². The molecule has 158 valence electrons. The third-order valence-electron chi connectivity index (χ3n) is 5.90. The highest BCUT2D eigenvalue weighted by Crippen LogP contribution is 2.26. The van der Waals surface area contributed by atoms with E-state index in [0.29, 0.717) is 31.1 Å². The van der Waals surface area contributed by atoms with Gasteiger partial charge in [-0.15, -0.1) is 5.10 Å². The van der Waals surface area contributed by atoms with Crippen LogP contribution < -0.4 is 5.56 Å². The van der Waals surface area contributed by atoms with Gasteiger partial charge in [0.15, 0.2) is 11.2 Å². The van der Waals surface area contributed by atoms with Crippen LogP contribution >= 0.6 is 0 Å². The van der Waals surface area contributed by atoms with E-state index < -0.39 is 0 Å². The fourth-order valence-corrected chi connectivity index (χ4v) is 4.05. The van der Waals surface area contributed by atoms with Crippen molar-refractivity contribution < 1.29 is 4.79 Å². The van der Waals surface area contributed by atoms with Gasteiger partial charge in [-0.05, 0) is 37.8 Å². The molecule has 1 saturated heterocycles. The van der Waals surface area contributed by atoms with Crippen LogP contribution in [-0.4, -0.2) is 48.9 Å². The molecular weight excluding hydrogens is 380 g/mol. The highest BCUT2D eigenvalue weighted by atomic mass is 16.2. The largest absolute Gasteiger partial charge is 0.342 e. The van der Waals surface area contributed by atoms with Gasteiger partial charge >= 0.3 is 0 Å². The maximum absolute atomic E-state index is 12.6. The number of amides is 1. The normalized spacial score (nSPS) is 15.3. The number of carbonyl (C=O) groups excluding carboxylic acids is 1. The molecule has 1 aromatic carbocycles. The molecule has 3 aromatic rings. The monoisotopic (exact) mass is 408 g/mol. The maximum Gasteiger partial charge on any atom is 0.281 e. The third-order valence-corrected chi connectivity index (χ3v) is 5.90. The number of aromatic nitrogens is 5. The summed E-state index contributed by atoms with van der Waals surface area (Å²) >= 11 is 0. The van der Waals surface area contributed by atoms with Gasteiger partial charge in [0.05, 0.1) is 6.54 Å². The highest BCUT2D eigenvalue weighted by Gasteiger charge is 2.27. The summed E-state index contributed by atoms with van der Waals surface area (Å²) in [4.78, 5) is 34.4. The molecule has 0 radical (unpaired) electrons. The lowest BCUT2D eigenvalue weighted by Crippen LogP contribution is -2.40. The molecule has 4 rings (SSSR count). The summed E-state index contributed by atoms with van der Waals surface area (Å²) in [7, 11) is 0. The van der Waals surface area contributed by atoms with Crippen molar-refractivity contribution in [2.24, 2.45) is 5.92 Å². The van der Waals surface area contributed by atoms with Crippen molar-refractivity contribution in [3.8, 4) is 0 Å². The zero-order valence-corrected chi connectivity index (χ0v) is 18.0. The molecule has 1 N–H and O–H groups in total. The van der Waals surface area contributed by atoms with E-state index in [1.807, 2.05) is 18.7 Å². The van der Waals surface area contributed by atoms with Crippen molar-refractivity contribution in [1.82, 2.24) is 29.9 Å². The summed E-state index contributed by atoms with van der Waals surface area (Å²) in [6.45, 7) is 9.84. The van der Waals surface area contributed by atoms with Gasteiger partial charge in [-0.3, -0.25) is 9.59 Å². The van der Waals surface area contributed by atoms with E-state index in [2.05, 4.69) is 47.3 Å². The Morgan fingerprint density at radius 1 is 1.23 bits per heavy atom. The lowest BCUT2D eigenvalue weighted by molar-refractivity contribution is -0.135. The number of benzene rings is 1. The minimum atomic E-state index is -0.261. The summed E-state index contributed by atoms with van der Waals surface area (Å²) in [6.07, 6.45) is 1.57. The smallest absolute Gasteiger partial charge is 0.281 e. The molecule has 1 amide bonds. The van der Waals surface area contributed by atoms with Crippen LogP contribution in [0.1, 0.15) is 55.1 Å². The van der Waals surface area contributed by atoms with Crippen LogP contribution in [0.5, 0.6) is 0 Å². The number of likely N-dealkylation sites (tertiary alicyclic amines) is 1. The number of rotatable bonds is 4. The number of nitrogens with zero attached hydrogens (tertiary/aromatic N) is 5. The van der Waals surface area contributed by atoms with Crippen molar-refractivity contribution in [2.75, 3.05) is 13.1 Å². The summed E-state index contributed by atoms with van der Waals surface area (Å²) in [6, 6.07) is 6.29. The summed E-state index contributed by atoms with van der Waals surface area (Å²) in [5, 5.41) is 8.26. The van der Waals surface area contributed by atoms with Crippen LogP contribution in [0.2, 0.25) is 0 Å². The summed E-state index contributed by atoms with van der Waals surface area (Å²) < 4.78 is 1.70. The van der Waals surface area contributed by atoms with Crippen molar-refractivity contribution >= 4 is 17.1 Å². The van der Waals surface area contributed by atoms with Crippen molar-refractivity contribution in [2.45, 2.75) is 53.0 Å². The first-order chi connectivity index (χ1) is 14.3. The molecule has 1 aliphatic rings. The van der Waals surface area contributed by atoms with E-state index in [9.17, 15) is 9.59 Å². The molecule has 1 aliphatic heterocycles. The molecule has 0 unspecified atom stereocenters. The molecule has 3 heterocycles. The topological polar surface area (TPSA) is 96.8 Å². The Kier molecular flexibility index (Phi) is 5.40. The number of H-pyrrole nitrogens is 1. The quantitative estimate of drug-likeness (QED) is 0.716. The Hall–Kier alpha value is -3.03. The number of hydrogen-bond donors (Lipinski definition) is 1. The van der Waals surface area contributed by atoms with Crippen LogP contribution in [0.15, 0.2) is 23.0 Å². The Bertz CT molecular complexity index is 1140. The molecular formula is C22H28N6O2. The molecule has 0 saturated carbocycles. The number of fused-ring (bicyclic) bond motifs is 1. The highest BCUT2D eigenvalue weighted by molar-refractivity contribution is 5.78. The number of nitrogens with one attached hydrogen (secondary N) is 1. The lowest BCUT2D eigenvalue weighted by atomic mass is 9.95. The number of hydrogen-bond acceptors (Lipinski definition) is 5. The molecule has 0 spiro atoms. The Labute approximate surface area is 175 Å². The van der Waals surface area contributed by atoms with Crippen LogP contribution in [-0.2, 0) is 11.3 Å². The van der Waals surface area contributed by atoms with Gasteiger partial charge in [-0.1, -0.05) is 42.8 Å². The summed E-state index contributed by atoms with van der Waals surface area (Å²) in [5.74, 6) is 0.957. The average molecular weight is 409 g/mol. The van der Waals surface area contributed by atoms with Gasteiger partial charge in [0.1, 0.15) is 5.82 Å². The molecule has 8 heteroatoms. The second-order valence-corrected chi connectivity index (χ2v) is 8.55. The van der Waals surface area contributed by atoms with Crippen molar-refractivity contribution in [1.29, 1.82) is 0 Å². The van der Waals surface area contributed by atoms with Crippen LogP contribution in [0.3, 0.4) is 0 Å². The molecule has 0 aliphatic carbocycles. The molecule has 0 bridgehead atoms. The number of carbonyl (C=O) groups is 1. The van der Waals surface area contributed by atoms with E-state index in [0.717, 1.165) is 24.0 Å². The van der Waals surface area contributed by atoms with E-state index in [-0.39, 0.29) is 28.8 Å². The van der Waals surface area contributed by atoms with Gasteiger partial charge in [0.2, 0.25) is 5.91 Å². The predicted molar refractivity (Wildman–Crippen MR) is 114 cm³/mol. The van der Waals surface area contributed by atoms with Gasteiger partial charge in [0.25, 0.3) is 5.56 Å². The zero-order chi connectivity index (χ0) is 21.4. The van der Waals surface area contributed by atoms with Crippen LogP contribution in [0, 0.1) is 19.8 Å². The first-order valence-electron chi connectivity index (χ1n) is 10.5. The van der Waals surface area contributed by atoms with Crippen LogP contribution in [0.25, 0.3) is 11.2 Å². The van der Waals surface area contributed by atoms with E-state index in [1.165, 1.54) is 5.56 Å². The van der Waals surface area contributed by atoms with Crippen molar-refractivity contribution in [3.63, 3.8) is 0 Å². The van der Waals surface area contributed by atoms with Gasteiger partial charge < -0.3 is 9.88 Å². The third kappa shape index (κ3) is 3.86. The SMILES string of the molecule is Cc1ccc(C)c(Cn2nnc3c(=O)[nH]c(C4CCN(C(=O)C(C)C)CC4)nc32)c1. The maximum atomic E-state index is 12.6. The summed E-state index contributed by atoms with van der Waals surface area (Å²) in [5.41, 5.74) is 3.98. The van der Waals surface area contributed by atoms with Crippen LogP contribution in [0.4, 0.5) is 0 Å². The number of aromatic amines is 1. The first-order valence-corrected chi connectivity index (χ1v) is 10.5. The molecule has 1 fully saturated rings. The molecule has 2 aromatic heterocycles. The van der Waals surface area contributed by atoms with E-state index >= 15 is 0 Å². The molecule has 30 heavy (non-hydrogen) atoms. The second-order valence-electron chi connectivity index (χ2n) is 8.55. The minimum Gasteiger partial charge on any atom is -0.342 e.